The maximum absolute atomic E-state index is 13.1. The van der Waals surface area contributed by atoms with Gasteiger partial charge in [-0.05, 0) is 12.1 Å². The van der Waals surface area contributed by atoms with E-state index < -0.39 is 62.0 Å². The first-order valence-corrected chi connectivity index (χ1v) is 7.99. The topological polar surface area (TPSA) is 232 Å². The van der Waals surface area contributed by atoms with Crippen LogP contribution in [0.15, 0.2) is 43.4 Å². The second-order valence-corrected chi connectivity index (χ2v) is 5.94. The molecule has 2 aromatic heterocycles. The Morgan fingerprint density at radius 1 is 0.833 bits per heavy atom. The number of aromatic hydroxyl groups is 2. The molecule has 0 amide bonds. The molecule has 14 nitrogen and oxygen atoms in total. The highest BCUT2D eigenvalue weighted by Crippen LogP contribution is 2.32. The Labute approximate surface area is 162 Å². The molecule has 3 rings (SSSR count). The minimum Gasteiger partial charge on any atom is -0.494 e. The molecule has 0 aliphatic rings. The largest absolute Gasteiger partial charge is 0.494 e. The number of benzene rings is 1. The fraction of sp³-hybridized carbons (Fsp3) is 0.0625. The van der Waals surface area contributed by atoms with Gasteiger partial charge in [-0.1, -0.05) is 0 Å². The summed E-state index contributed by atoms with van der Waals surface area (Å²) in [5.41, 5.74) is -6.90. The molecule has 30 heavy (non-hydrogen) atoms. The quantitative estimate of drug-likeness (QED) is 0.165. The molecule has 14 heteroatoms. The summed E-state index contributed by atoms with van der Waals surface area (Å²) in [6, 6.07) is 4.03. The van der Waals surface area contributed by atoms with E-state index in [0.29, 0.717) is 0 Å². The van der Waals surface area contributed by atoms with Crippen molar-refractivity contribution in [3.05, 3.63) is 92.7 Å². The van der Waals surface area contributed by atoms with Crippen LogP contribution in [0.1, 0.15) is 27.4 Å². The highest BCUT2D eigenvalue weighted by atomic mass is 16.6. The number of nitrogens with zero attached hydrogens (tertiary/aromatic N) is 1. The van der Waals surface area contributed by atoms with Crippen LogP contribution in [0.5, 0.6) is 11.8 Å². The SMILES string of the molecule is O=C(c1ccc([N+](=O)[O-])cc1)C(c1c(O)[nH]c(=O)[nH]c1=O)c1c(O)[nH]c(=O)[nH]c1=O. The number of Topliss-reactive ketones (excluding diaryl/α,β-unsaturated/α-hetero) is 1. The average molecular weight is 417 g/mol. The van der Waals surface area contributed by atoms with Gasteiger partial charge in [-0.25, -0.2) is 9.59 Å². The molecule has 0 saturated carbocycles. The standard InChI is InChI=1S/C16H11N5O9/c22-10(5-1-3-6(4-2-5)21(29)30)7(8-11(23)17-15(27)18-12(8)24)9-13(25)19-16(28)20-14(9)26/h1-4,7H,(H3,17,18,23,24,27)(H3,19,20,25,26,28). The molecule has 0 atom stereocenters. The van der Waals surface area contributed by atoms with Crippen LogP contribution in [-0.2, 0) is 0 Å². The fourth-order valence-corrected chi connectivity index (χ4v) is 2.82. The van der Waals surface area contributed by atoms with E-state index in [-0.39, 0.29) is 11.3 Å². The van der Waals surface area contributed by atoms with Gasteiger partial charge in [0.2, 0.25) is 11.8 Å². The van der Waals surface area contributed by atoms with E-state index in [1.807, 2.05) is 9.97 Å². The van der Waals surface area contributed by atoms with Crippen LogP contribution in [0.3, 0.4) is 0 Å². The van der Waals surface area contributed by atoms with Crippen LogP contribution in [-0.4, -0.2) is 40.9 Å². The Balaban J connectivity index is 2.31. The number of hydrogen-bond acceptors (Lipinski definition) is 9. The van der Waals surface area contributed by atoms with E-state index in [1.165, 1.54) is 0 Å². The third kappa shape index (κ3) is 3.51. The van der Waals surface area contributed by atoms with Gasteiger partial charge in [0.05, 0.1) is 22.0 Å². The zero-order valence-corrected chi connectivity index (χ0v) is 14.6. The van der Waals surface area contributed by atoms with Crippen molar-refractivity contribution < 1.29 is 19.9 Å². The van der Waals surface area contributed by atoms with Crippen LogP contribution in [0.2, 0.25) is 0 Å². The Hall–Kier alpha value is -4.75. The van der Waals surface area contributed by atoms with Crippen molar-refractivity contribution in [1.29, 1.82) is 0 Å². The van der Waals surface area contributed by atoms with Crippen molar-refractivity contribution in [2.45, 2.75) is 5.92 Å². The third-order valence-electron chi connectivity index (χ3n) is 4.12. The lowest BCUT2D eigenvalue weighted by atomic mass is 9.86. The summed E-state index contributed by atoms with van der Waals surface area (Å²) < 4.78 is 0. The van der Waals surface area contributed by atoms with Gasteiger partial charge in [0, 0.05) is 17.7 Å². The van der Waals surface area contributed by atoms with Gasteiger partial charge < -0.3 is 10.2 Å². The minimum atomic E-state index is -1.99. The van der Waals surface area contributed by atoms with Crippen LogP contribution in [0.25, 0.3) is 0 Å². The van der Waals surface area contributed by atoms with Crippen molar-refractivity contribution in [2.75, 3.05) is 0 Å². The van der Waals surface area contributed by atoms with E-state index in [9.17, 15) is 44.3 Å². The van der Waals surface area contributed by atoms with E-state index in [0.717, 1.165) is 24.3 Å². The number of H-pyrrole nitrogens is 4. The van der Waals surface area contributed by atoms with E-state index >= 15 is 0 Å². The lowest BCUT2D eigenvalue weighted by Gasteiger charge is -2.16. The lowest BCUT2D eigenvalue weighted by molar-refractivity contribution is -0.384. The molecule has 0 bridgehead atoms. The van der Waals surface area contributed by atoms with Crippen LogP contribution >= 0.6 is 0 Å². The molecule has 0 aliphatic heterocycles. The molecule has 3 aromatic rings. The molecule has 0 aliphatic carbocycles. The Bertz CT molecular complexity index is 1320. The van der Waals surface area contributed by atoms with E-state index in [4.69, 9.17) is 0 Å². The number of nitrogens with one attached hydrogen (secondary N) is 4. The molecule has 1 aromatic carbocycles. The minimum absolute atomic E-state index is 0.236. The normalized spacial score (nSPS) is 10.8. The highest BCUT2D eigenvalue weighted by molar-refractivity contribution is 6.03. The van der Waals surface area contributed by atoms with Crippen molar-refractivity contribution in [2.24, 2.45) is 0 Å². The maximum atomic E-state index is 13.1. The number of ketones is 1. The number of aromatic nitrogens is 4. The van der Waals surface area contributed by atoms with Crippen molar-refractivity contribution in [3.8, 4) is 11.8 Å². The molecule has 0 radical (unpaired) electrons. The Morgan fingerprint density at radius 2 is 1.27 bits per heavy atom. The van der Waals surface area contributed by atoms with Crippen molar-refractivity contribution in [1.82, 2.24) is 19.9 Å². The number of carbonyl (C=O) groups excluding carboxylic acids is 1. The fourth-order valence-electron chi connectivity index (χ4n) is 2.82. The predicted octanol–water partition coefficient (Wildman–Crippen LogP) is -1.23. The molecule has 0 unspecified atom stereocenters. The van der Waals surface area contributed by atoms with Gasteiger partial charge in [0.15, 0.2) is 5.78 Å². The number of hydrogen-bond donors (Lipinski definition) is 6. The average Bonchev–Trinajstić information content (AvgIpc) is 2.64. The molecule has 6 N–H and O–H groups in total. The van der Waals surface area contributed by atoms with Crippen molar-refractivity contribution >= 4 is 11.5 Å². The van der Waals surface area contributed by atoms with Gasteiger partial charge in [-0.15, -0.1) is 0 Å². The monoisotopic (exact) mass is 417 g/mol. The molecule has 0 fully saturated rings. The van der Waals surface area contributed by atoms with Crippen LogP contribution < -0.4 is 22.5 Å². The zero-order valence-electron chi connectivity index (χ0n) is 14.6. The maximum Gasteiger partial charge on any atom is 0.328 e. The number of rotatable bonds is 5. The summed E-state index contributed by atoms with van der Waals surface area (Å²) in [7, 11) is 0. The number of nitro groups is 1. The summed E-state index contributed by atoms with van der Waals surface area (Å²) >= 11 is 0. The zero-order chi connectivity index (χ0) is 22.2. The number of nitro benzene ring substituents is 1. The number of non-ortho nitro benzene ring substituents is 1. The number of carbonyl (C=O) groups is 1. The second-order valence-electron chi connectivity index (χ2n) is 5.94. The Kier molecular flexibility index (Phi) is 4.89. The summed E-state index contributed by atoms with van der Waals surface area (Å²) in [5, 5.41) is 30.9. The van der Waals surface area contributed by atoms with Gasteiger partial charge in [0.25, 0.3) is 16.8 Å². The van der Waals surface area contributed by atoms with Crippen molar-refractivity contribution in [3.63, 3.8) is 0 Å². The molecule has 0 saturated heterocycles. The van der Waals surface area contributed by atoms with Crippen LogP contribution in [0, 0.1) is 10.1 Å². The first-order valence-electron chi connectivity index (χ1n) is 7.99. The van der Waals surface area contributed by atoms with E-state index in [2.05, 4.69) is 0 Å². The predicted molar refractivity (Wildman–Crippen MR) is 98.0 cm³/mol. The van der Waals surface area contributed by atoms with E-state index in [1.54, 1.807) is 9.97 Å². The van der Waals surface area contributed by atoms with Gasteiger partial charge in [-0.3, -0.25) is 44.4 Å². The second kappa shape index (κ2) is 7.34. The van der Waals surface area contributed by atoms with Gasteiger partial charge in [0.1, 0.15) is 0 Å². The number of aromatic amines is 4. The summed E-state index contributed by atoms with van der Waals surface area (Å²) in [4.78, 5) is 77.8. The first-order chi connectivity index (χ1) is 14.1. The summed E-state index contributed by atoms with van der Waals surface area (Å²) in [6.07, 6.45) is 0. The first kappa shape index (κ1) is 20.0. The third-order valence-corrected chi connectivity index (χ3v) is 4.12. The molecule has 0 spiro atoms. The van der Waals surface area contributed by atoms with Crippen LogP contribution in [0.4, 0.5) is 5.69 Å². The molecular weight excluding hydrogens is 406 g/mol. The smallest absolute Gasteiger partial charge is 0.328 e. The molecule has 154 valence electrons. The summed E-state index contributed by atoms with van der Waals surface area (Å²) in [6.45, 7) is 0. The lowest BCUT2D eigenvalue weighted by Crippen LogP contribution is -2.34. The summed E-state index contributed by atoms with van der Waals surface area (Å²) in [5.74, 6) is -5.17. The molecule has 2 heterocycles. The highest BCUT2D eigenvalue weighted by Gasteiger charge is 2.35. The van der Waals surface area contributed by atoms with Gasteiger partial charge >= 0.3 is 11.4 Å². The molecular formula is C16H11N5O9. The Morgan fingerprint density at radius 3 is 1.63 bits per heavy atom. The van der Waals surface area contributed by atoms with Gasteiger partial charge in [-0.2, -0.15) is 0 Å².